The van der Waals surface area contributed by atoms with Crippen LogP contribution >= 0.6 is 12.4 Å². The lowest BCUT2D eigenvalue weighted by Crippen LogP contribution is -2.00. The minimum absolute atomic E-state index is 0. The van der Waals surface area contributed by atoms with E-state index in [-0.39, 0.29) is 24.3 Å². The molecule has 12 heavy (non-hydrogen) atoms. The molecule has 0 saturated heterocycles. The minimum atomic E-state index is -0.165. The van der Waals surface area contributed by atoms with Gasteiger partial charge in [-0.3, -0.25) is 0 Å². The molecule has 1 aromatic rings. The topological polar surface area (TPSA) is 26.0 Å². The Labute approximate surface area is 77.2 Å². The van der Waals surface area contributed by atoms with Gasteiger partial charge in [-0.1, -0.05) is 12.1 Å². The molecule has 2 N–H and O–H groups in total. The van der Waals surface area contributed by atoms with Gasteiger partial charge in [-0.15, -0.1) is 12.4 Å². The summed E-state index contributed by atoms with van der Waals surface area (Å²) >= 11 is 0. The van der Waals surface area contributed by atoms with Gasteiger partial charge in [-0.05, 0) is 24.1 Å². The van der Waals surface area contributed by atoms with E-state index in [4.69, 9.17) is 5.73 Å². The lowest BCUT2D eigenvalue weighted by molar-refractivity contribution is 0.625. The molecule has 1 nitrogen and oxygen atoms in total. The highest BCUT2D eigenvalue weighted by molar-refractivity contribution is 5.85. The summed E-state index contributed by atoms with van der Waals surface area (Å²) in [5, 5.41) is 0. The van der Waals surface area contributed by atoms with Gasteiger partial charge in [0, 0.05) is 12.0 Å². The van der Waals surface area contributed by atoms with Gasteiger partial charge in [-0.2, -0.15) is 0 Å². The summed E-state index contributed by atoms with van der Waals surface area (Å²) in [5.74, 6) is 0.243. The number of hydrogen-bond donors (Lipinski definition) is 1. The summed E-state index contributed by atoms with van der Waals surface area (Å²) in [4.78, 5) is 0. The van der Waals surface area contributed by atoms with Gasteiger partial charge < -0.3 is 5.73 Å². The predicted molar refractivity (Wildman–Crippen MR) is 49.0 cm³/mol. The van der Waals surface area contributed by atoms with Crippen LogP contribution in [0.25, 0.3) is 0 Å². The molecule has 1 aliphatic carbocycles. The molecule has 0 heterocycles. The predicted octanol–water partition coefficient (Wildman–Crippen LogP) is 2.06. The van der Waals surface area contributed by atoms with Crippen LogP contribution < -0.4 is 5.73 Å². The van der Waals surface area contributed by atoms with Crippen molar-refractivity contribution >= 4 is 12.4 Å². The molecule has 2 rings (SSSR count). The van der Waals surface area contributed by atoms with Crippen LogP contribution in [0.4, 0.5) is 4.39 Å². The van der Waals surface area contributed by atoms with Gasteiger partial charge >= 0.3 is 0 Å². The van der Waals surface area contributed by atoms with E-state index >= 15 is 0 Å². The van der Waals surface area contributed by atoms with E-state index in [2.05, 4.69) is 0 Å². The minimum Gasteiger partial charge on any atom is -0.327 e. The molecular formula is C9H11ClFN. The molecule has 1 saturated carbocycles. The number of nitrogens with two attached hydrogens (primary N) is 1. The second kappa shape index (κ2) is 3.42. The highest BCUT2D eigenvalue weighted by Crippen LogP contribution is 2.38. The van der Waals surface area contributed by atoms with Crippen LogP contribution in [0.5, 0.6) is 0 Å². The van der Waals surface area contributed by atoms with E-state index < -0.39 is 0 Å². The fourth-order valence-electron chi connectivity index (χ4n) is 1.34. The van der Waals surface area contributed by atoms with Crippen molar-refractivity contribution in [3.8, 4) is 0 Å². The molecular weight excluding hydrogens is 177 g/mol. The molecule has 1 fully saturated rings. The third-order valence-corrected chi connectivity index (χ3v) is 2.12. The smallest absolute Gasteiger partial charge is 0.123 e. The molecule has 0 amide bonds. The Balaban J connectivity index is 0.000000720. The molecule has 0 aromatic heterocycles. The average Bonchev–Trinajstić information content (AvgIpc) is 2.67. The van der Waals surface area contributed by atoms with Crippen molar-refractivity contribution in [2.45, 2.75) is 18.4 Å². The first kappa shape index (κ1) is 9.49. The Morgan fingerprint density at radius 1 is 1.42 bits per heavy atom. The van der Waals surface area contributed by atoms with Crippen molar-refractivity contribution in [1.29, 1.82) is 0 Å². The highest BCUT2D eigenvalue weighted by atomic mass is 35.5. The largest absolute Gasteiger partial charge is 0.327 e. The zero-order valence-electron chi connectivity index (χ0n) is 6.53. The first-order valence-electron chi connectivity index (χ1n) is 3.78. The lowest BCUT2D eigenvalue weighted by Gasteiger charge is -1.96. The molecule has 0 unspecified atom stereocenters. The Kier molecular flexibility index (Phi) is 2.70. The third kappa shape index (κ3) is 1.76. The Morgan fingerprint density at radius 2 is 2.08 bits per heavy atom. The first-order valence-corrected chi connectivity index (χ1v) is 3.78. The highest BCUT2D eigenvalue weighted by Gasteiger charge is 2.34. The van der Waals surface area contributed by atoms with E-state index in [0.717, 1.165) is 12.0 Å². The lowest BCUT2D eigenvalue weighted by atomic mass is 10.1. The Hall–Kier alpha value is -0.600. The fraction of sp³-hybridized carbons (Fsp3) is 0.333. The van der Waals surface area contributed by atoms with E-state index in [1.165, 1.54) is 6.07 Å². The van der Waals surface area contributed by atoms with Gasteiger partial charge in [-0.25, -0.2) is 4.39 Å². The van der Waals surface area contributed by atoms with Gasteiger partial charge in [0.1, 0.15) is 5.82 Å². The summed E-state index contributed by atoms with van der Waals surface area (Å²) < 4.78 is 12.6. The molecule has 1 aliphatic rings. The van der Waals surface area contributed by atoms with Crippen molar-refractivity contribution in [3.05, 3.63) is 35.6 Å². The summed E-state index contributed by atoms with van der Waals surface area (Å²) in [6.45, 7) is 0. The maximum absolute atomic E-state index is 12.6. The van der Waals surface area contributed by atoms with Crippen molar-refractivity contribution in [2.24, 2.45) is 5.73 Å². The van der Waals surface area contributed by atoms with Crippen molar-refractivity contribution in [3.63, 3.8) is 0 Å². The maximum Gasteiger partial charge on any atom is 0.123 e. The third-order valence-electron chi connectivity index (χ3n) is 2.12. The van der Waals surface area contributed by atoms with E-state index in [9.17, 15) is 4.39 Å². The fourth-order valence-corrected chi connectivity index (χ4v) is 1.34. The quantitative estimate of drug-likeness (QED) is 0.716. The molecule has 0 radical (unpaired) electrons. The van der Waals surface area contributed by atoms with Crippen LogP contribution in [0.15, 0.2) is 24.3 Å². The molecule has 1 aromatic carbocycles. The first-order chi connectivity index (χ1) is 5.27. The van der Waals surface area contributed by atoms with Crippen LogP contribution in [0.3, 0.4) is 0 Å². The van der Waals surface area contributed by atoms with E-state index in [1.807, 2.05) is 6.07 Å². The molecule has 0 aliphatic heterocycles. The van der Waals surface area contributed by atoms with Crippen LogP contribution in [0.1, 0.15) is 17.9 Å². The van der Waals surface area contributed by atoms with Crippen molar-refractivity contribution in [2.75, 3.05) is 0 Å². The number of benzene rings is 1. The number of hydrogen-bond acceptors (Lipinski definition) is 1. The summed E-state index contributed by atoms with van der Waals surface area (Å²) in [6.07, 6.45) is 1.00. The summed E-state index contributed by atoms with van der Waals surface area (Å²) in [7, 11) is 0. The SMILES string of the molecule is Cl.N[C@@H]1C[C@@H]1c1cccc(F)c1. The van der Waals surface area contributed by atoms with Gasteiger partial charge in [0.2, 0.25) is 0 Å². The van der Waals surface area contributed by atoms with Gasteiger partial charge in [0.05, 0.1) is 0 Å². The van der Waals surface area contributed by atoms with Crippen LogP contribution in [-0.4, -0.2) is 6.04 Å². The normalized spacial score (nSPS) is 26.2. The average molecular weight is 188 g/mol. The van der Waals surface area contributed by atoms with Crippen LogP contribution in [0, 0.1) is 5.82 Å². The molecule has 2 atom stereocenters. The second-order valence-corrected chi connectivity index (χ2v) is 3.06. The molecule has 66 valence electrons. The summed E-state index contributed by atoms with van der Waals surface area (Å²) in [5.41, 5.74) is 6.67. The van der Waals surface area contributed by atoms with Crippen LogP contribution in [0.2, 0.25) is 0 Å². The second-order valence-electron chi connectivity index (χ2n) is 3.06. The number of rotatable bonds is 1. The zero-order chi connectivity index (χ0) is 7.84. The van der Waals surface area contributed by atoms with E-state index in [0.29, 0.717) is 5.92 Å². The molecule has 0 spiro atoms. The number of halogens is 2. The maximum atomic E-state index is 12.6. The monoisotopic (exact) mass is 187 g/mol. The summed E-state index contributed by atoms with van der Waals surface area (Å²) in [6, 6.07) is 6.95. The van der Waals surface area contributed by atoms with Crippen molar-refractivity contribution < 1.29 is 4.39 Å². The standard InChI is InChI=1S/C9H10FN.ClH/c10-7-3-1-2-6(4-7)8-5-9(8)11;/h1-4,8-9H,5,11H2;1H/t8-,9-;/m1./s1. The molecule has 0 bridgehead atoms. The van der Waals surface area contributed by atoms with Crippen LogP contribution in [-0.2, 0) is 0 Å². The molecule has 3 heteroatoms. The van der Waals surface area contributed by atoms with E-state index in [1.54, 1.807) is 12.1 Å². The van der Waals surface area contributed by atoms with Gasteiger partial charge in [0.25, 0.3) is 0 Å². The van der Waals surface area contributed by atoms with Crippen molar-refractivity contribution in [1.82, 2.24) is 0 Å². The Morgan fingerprint density at radius 3 is 2.58 bits per heavy atom. The zero-order valence-corrected chi connectivity index (χ0v) is 7.35. The Bertz CT molecular complexity index is 277. The van der Waals surface area contributed by atoms with Gasteiger partial charge in [0.15, 0.2) is 0 Å².